The number of pyridine rings is 1. The molecule has 0 saturated heterocycles. The first-order valence-corrected chi connectivity index (χ1v) is 9.70. The number of nitrogens with zero attached hydrogens (tertiary/aromatic N) is 4. The molecule has 3 aromatic heterocycles. The number of rotatable bonds is 4. The molecule has 4 rings (SSSR count). The zero-order valence-electron chi connectivity index (χ0n) is 17.2. The molecule has 0 aliphatic rings. The van der Waals surface area contributed by atoms with Crippen LogP contribution in [0.5, 0.6) is 0 Å². The lowest BCUT2D eigenvalue weighted by molar-refractivity contribution is -0.122. The van der Waals surface area contributed by atoms with E-state index < -0.39 is 18.8 Å². The minimum Gasteiger partial charge on any atom is -0.329 e. The number of carbonyl (C=O) groups excluding carboxylic acids is 1. The van der Waals surface area contributed by atoms with Crippen molar-refractivity contribution in [3.05, 3.63) is 66.2 Å². The number of aryl methyl sites for hydroxylation is 2. The number of hydrogen-bond donors (Lipinski definition) is 2. The molecule has 2 amide bonds. The van der Waals surface area contributed by atoms with Crippen LogP contribution < -0.4 is 10.6 Å². The van der Waals surface area contributed by atoms with Gasteiger partial charge in [-0.15, -0.1) is 0 Å². The quantitative estimate of drug-likeness (QED) is 0.479. The van der Waals surface area contributed by atoms with Crippen molar-refractivity contribution in [1.29, 1.82) is 0 Å². The van der Waals surface area contributed by atoms with E-state index in [1.54, 1.807) is 29.7 Å². The number of anilines is 1. The molecule has 32 heavy (non-hydrogen) atoms. The van der Waals surface area contributed by atoms with Crippen molar-refractivity contribution in [2.75, 3.05) is 11.9 Å². The SMILES string of the molecule is Cc1cc(C)nc(-c2ccn3c(-c4cccc(NC(=O)NCC(F)(F)F)c4)cnc3c2)n1. The fourth-order valence-electron chi connectivity index (χ4n) is 3.30. The van der Waals surface area contributed by atoms with Crippen LogP contribution in [0.2, 0.25) is 0 Å². The number of benzene rings is 1. The van der Waals surface area contributed by atoms with Crippen LogP contribution in [-0.4, -0.2) is 38.1 Å². The summed E-state index contributed by atoms with van der Waals surface area (Å²) in [5, 5.41) is 4.19. The first-order valence-electron chi connectivity index (χ1n) is 9.70. The summed E-state index contributed by atoms with van der Waals surface area (Å²) in [5.74, 6) is 0.616. The molecule has 0 aliphatic carbocycles. The van der Waals surface area contributed by atoms with Crippen molar-refractivity contribution in [3.8, 4) is 22.6 Å². The van der Waals surface area contributed by atoms with Crippen LogP contribution in [0.25, 0.3) is 28.3 Å². The summed E-state index contributed by atoms with van der Waals surface area (Å²) in [6.07, 6.45) is -0.939. The summed E-state index contributed by atoms with van der Waals surface area (Å²) in [5.41, 5.74) is 5.12. The van der Waals surface area contributed by atoms with E-state index in [2.05, 4.69) is 20.3 Å². The highest BCUT2D eigenvalue weighted by molar-refractivity contribution is 5.90. The summed E-state index contributed by atoms with van der Waals surface area (Å²) in [7, 11) is 0. The van der Waals surface area contributed by atoms with E-state index in [9.17, 15) is 18.0 Å². The molecular weight excluding hydrogens is 421 g/mol. The van der Waals surface area contributed by atoms with Crippen LogP contribution >= 0.6 is 0 Å². The number of alkyl halides is 3. The van der Waals surface area contributed by atoms with E-state index in [-0.39, 0.29) is 0 Å². The van der Waals surface area contributed by atoms with Gasteiger partial charge < -0.3 is 10.6 Å². The predicted octanol–water partition coefficient (Wildman–Crippen LogP) is 4.76. The van der Waals surface area contributed by atoms with Gasteiger partial charge in [-0.1, -0.05) is 12.1 Å². The lowest BCUT2D eigenvalue weighted by Crippen LogP contribution is -2.36. The second-order valence-corrected chi connectivity index (χ2v) is 7.27. The van der Waals surface area contributed by atoms with Crippen LogP contribution in [0.15, 0.2) is 54.9 Å². The standard InChI is InChI=1S/C22H19F3N6O/c1-13-8-14(2)29-20(28-13)16-6-7-31-18(11-26-19(31)10-16)15-4-3-5-17(9-15)30-21(32)27-12-22(23,24)25/h3-11H,12H2,1-2H3,(H2,27,30,32). The zero-order valence-corrected chi connectivity index (χ0v) is 17.2. The van der Waals surface area contributed by atoms with Gasteiger partial charge in [0, 0.05) is 34.4 Å². The van der Waals surface area contributed by atoms with Gasteiger partial charge in [0.2, 0.25) is 0 Å². The maximum Gasteiger partial charge on any atom is 0.405 e. The van der Waals surface area contributed by atoms with Gasteiger partial charge in [-0.3, -0.25) is 4.40 Å². The van der Waals surface area contributed by atoms with Crippen molar-refractivity contribution < 1.29 is 18.0 Å². The number of urea groups is 1. The largest absolute Gasteiger partial charge is 0.405 e. The number of halogens is 3. The molecule has 7 nitrogen and oxygen atoms in total. The monoisotopic (exact) mass is 440 g/mol. The normalized spacial score (nSPS) is 11.5. The van der Waals surface area contributed by atoms with Crippen molar-refractivity contribution in [2.45, 2.75) is 20.0 Å². The molecule has 0 bridgehead atoms. The average Bonchev–Trinajstić information content (AvgIpc) is 3.14. The van der Waals surface area contributed by atoms with Crippen LogP contribution in [0, 0.1) is 13.8 Å². The summed E-state index contributed by atoms with van der Waals surface area (Å²) < 4.78 is 38.7. The Morgan fingerprint density at radius 3 is 2.50 bits per heavy atom. The smallest absolute Gasteiger partial charge is 0.329 e. The van der Waals surface area contributed by atoms with Crippen molar-refractivity contribution in [3.63, 3.8) is 0 Å². The minimum atomic E-state index is -4.48. The Morgan fingerprint density at radius 1 is 1.03 bits per heavy atom. The number of carbonyl (C=O) groups is 1. The molecule has 0 saturated carbocycles. The minimum absolute atomic E-state index is 0.359. The third-order valence-electron chi connectivity index (χ3n) is 4.62. The van der Waals surface area contributed by atoms with Gasteiger partial charge in [-0.05, 0) is 44.2 Å². The third-order valence-corrected chi connectivity index (χ3v) is 4.62. The summed E-state index contributed by atoms with van der Waals surface area (Å²) in [4.78, 5) is 25.2. The molecule has 10 heteroatoms. The average molecular weight is 440 g/mol. The molecule has 0 fully saturated rings. The summed E-state index contributed by atoms with van der Waals surface area (Å²) in [6, 6.07) is 11.5. The molecule has 0 atom stereocenters. The van der Waals surface area contributed by atoms with Crippen molar-refractivity contribution >= 4 is 17.4 Å². The first kappa shape index (κ1) is 21.3. The van der Waals surface area contributed by atoms with E-state index >= 15 is 0 Å². The Labute approximate surface area is 181 Å². The Morgan fingerprint density at radius 2 is 1.78 bits per heavy atom. The highest BCUT2D eigenvalue weighted by Crippen LogP contribution is 2.26. The second kappa shape index (κ2) is 8.29. The van der Waals surface area contributed by atoms with Gasteiger partial charge in [0.15, 0.2) is 5.82 Å². The zero-order chi connectivity index (χ0) is 22.9. The Bertz CT molecular complexity index is 1280. The van der Waals surface area contributed by atoms with E-state index in [0.717, 1.165) is 28.2 Å². The molecule has 0 unspecified atom stereocenters. The van der Waals surface area contributed by atoms with Gasteiger partial charge in [0.25, 0.3) is 0 Å². The molecule has 1 aromatic carbocycles. The highest BCUT2D eigenvalue weighted by atomic mass is 19.4. The molecule has 2 N–H and O–H groups in total. The van der Waals surface area contributed by atoms with Crippen LogP contribution in [0.3, 0.4) is 0 Å². The fourth-order valence-corrected chi connectivity index (χ4v) is 3.30. The van der Waals surface area contributed by atoms with Crippen LogP contribution in [-0.2, 0) is 0 Å². The fraction of sp³-hybridized carbons (Fsp3) is 0.182. The van der Waals surface area contributed by atoms with Gasteiger partial charge in [-0.2, -0.15) is 13.2 Å². The second-order valence-electron chi connectivity index (χ2n) is 7.27. The van der Waals surface area contributed by atoms with Crippen molar-refractivity contribution in [1.82, 2.24) is 24.7 Å². The number of aromatic nitrogens is 4. The predicted molar refractivity (Wildman–Crippen MR) is 114 cm³/mol. The molecule has 0 radical (unpaired) electrons. The summed E-state index contributed by atoms with van der Waals surface area (Å²) in [6.45, 7) is 2.42. The first-order chi connectivity index (χ1) is 15.2. The Kier molecular flexibility index (Phi) is 5.52. The lowest BCUT2D eigenvalue weighted by Gasteiger charge is -2.11. The van der Waals surface area contributed by atoms with E-state index in [0.29, 0.717) is 17.2 Å². The number of fused-ring (bicyclic) bond motifs is 1. The third kappa shape index (κ3) is 4.85. The van der Waals surface area contributed by atoms with Gasteiger partial charge >= 0.3 is 12.2 Å². The van der Waals surface area contributed by atoms with Gasteiger partial charge in [-0.25, -0.2) is 19.7 Å². The number of amides is 2. The van der Waals surface area contributed by atoms with E-state index in [1.807, 2.05) is 48.7 Å². The Hall–Kier alpha value is -3.95. The highest BCUT2D eigenvalue weighted by Gasteiger charge is 2.27. The number of hydrogen-bond acceptors (Lipinski definition) is 4. The van der Waals surface area contributed by atoms with Crippen molar-refractivity contribution in [2.24, 2.45) is 0 Å². The molecule has 4 aromatic rings. The van der Waals surface area contributed by atoms with E-state index in [4.69, 9.17) is 0 Å². The maximum atomic E-state index is 12.3. The molecular formula is C22H19F3N6O. The van der Waals surface area contributed by atoms with Crippen LogP contribution in [0.1, 0.15) is 11.4 Å². The molecule has 0 aliphatic heterocycles. The maximum absolute atomic E-state index is 12.3. The lowest BCUT2D eigenvalue weighted by atomic mass is 10.1. The number of nitrogens with one attached hydrogen (secondary N) is 2. The van der Waals surface area contributed by atoms with Gasteiger partial charge in [0.05, 0.1) is 11.9 Å². The number of imidazole rings is 1. The topological polar surface area (TPSA) is 84.2 Å². The molecule has 164 valence electrons. The van der Waals surface area contributed by atoms with Crippen LogP contribution in [0.4, 0.5) is 23.7 Å². The molecule has 0 spiro atoms. The molecule has 3 heterocycles. The Balaban J connectivity index is 1.59. The van der Waals surface area contributed by atoms with Gasteiger partial charge in [0.1, 0.15) is 12.2 Å². The van der Waals surface area contributed by atoms with E-state index in [1.165, 1.54) is 0 Å². The summed E-state index contributed by atoms with van der Waals surface area (Å²) >= 11 is 0.